The molecule has 0 aliphatic carbocycles. The van der Waals surface area contributed by atoms with Crippen molar-refractivity contribution in [1.82, 2.24) is 15.2 Å². The highest BCUT2D eigenvalue weighted by atomic mass is 19.1. The summed E-state index contributed by atoms with van der Waals surface area (Å²) in [6.45, 7) is 5.27. The number of ether oxygens (including phenoxy) is 1. The van der Waals surface area contributed by atoms with E-state index in [1.165, 1.54) is 12.1 Å². The molecule has 1 aromatic carbocycles. The molecule has 0 spiro atoms. The van der Waals surface area contributed by atoms with Crippen molar-refractivity contribution in [3.8, 4) is 5.75 Å². The lowest BCUT2D eigenvalue weighted by Gasteiger charge is -2.24. The Morgan fingerprint density at radius 3 is 2.68 bits per heavy atom. The van der Waals surface area contributed by atoms with Crippen LogP contribution in [0, 0.1) is 19.7 Å². The topological polar surface area (TPSA) is 51.1 Å². The molecule has 3 rings (SSSR count). The van der Waals surface area contributed by atoms with E-state index < -0.39 is 0 Å². The first-order chi connectivity index (χ1) is 10.6. The van der Waals surface area contributed by atoms with Gasteiger partial charge in [0, 0.05) is 6.54 Å². The highest BCUT2D eigenvalue weighted by Gasteiger charge is 2.27. The van der Waals surface area contributed by atoms with Crippen LogP contribution >= 0.6 is 0 Å². The van der Waals surface area contributed by atoms with E-state index in [2.05, 4.69) is 20.1 Å². The van der Waals surface area contributed by atoms with Crippen molar-refractivity contribution in [2.75, 3.05) is 18.1 Å². The minimum atomic E-state index is -0.260. The van der Waals surface area contributed by atoms with E-state index in [1.807, 2.05) is 13.8 Å². The van der Waals surface area contributed by atoms with Gasteiger partial charge in [-0.3, -0.25) is 0 Å². The van der Waals surface area contributed by atoms with Crippen LogP contribution in [0.3, 0.4) is 0 Å². The molecule has 1 fully saturated rings. The molecule has 1 atom stereocenters. The maximum atomic E-state index is 12.9. The van der Waals surface area contributed by atoms with Crippen LogP contribution in [0.1, 0.15) is 24.2 Å². The molecule has 5 nitrogen and oxygen atoms in total. The van der Waals surface area contributed by atoms with Gasteiger partial charge in [-0.05, 0) is 51.0 Å². The fourth-order valence-corrected chi connectivity index (χ4v) is 2.56. The lowest BCUT2D eigenvalue weighted by Crippen LogP contribution is -2.35. The van der Waals surface area contributed by atoms with Gasteiger partial charge < -0.3 is 9.64 Å². The van der Waals surface area contributed by atoms with Gasteiger partial charge in [-0.15, -0.1) is 5.10 Å². The second kappa shape index (κ2) is 6.25. The normalized spacial score (nSPS) is 17.8. The average Bonchev–Trinajstić information content (AvgIpc) is 2.98. The predicted molar refractivity (Wildman–Crippen MR) is 81.6 cm³/mol. The van der Waals surface area contributed by atoms with E-state index in [1.54, 1.807) is 12.1 Å². The van der Waals surface area contributed by atoms with Crippen molar-refractivity contribution in [3.63, 3.8) is 0 Å². The van der Waals surface area contributed by atoms with Crippen molar-refractivity contribution in [3.05, 3.63) is 41.5 Å². The van der Waals surface area contributed by atoms with Crippen LogP contribution in [0.2, 0.25) is 0 Å². The van der Waals surface area contributed by atoms with Crippen LogP contribution in [-0.4, -0.2) is 34.4 Å². The Bertz CT molecular complexity index is 647. The Labute approximate surface area is 129 Å². The minimum Gasteiger partial charge on any atom is -0.491 e. The fraction of sp³-hybridized carbons (Fsp3) is 0.438. The number of hydrogen-bond donors (Lipinski definition) is 0. The number of nitrogens with zero attached hydrogens (tertiary/aromatic N) is 4. The first-order valence-corrected chi connectivity index (χ1v) is 7.46. The first-order valence-electron chi connectivity index (χ1n) is 7.46. The van der Waals surface area contributed by atoms with Crippen LogP contribution < -0.4 is 9.64 Å². The summed E-state index contributed by atoms with van der Waals surface area (Å²) < 4.78 is 18.7. The molecule has 116 valence electrons. The fourth-order valence-electron chi connectivity index (χ4n) is 2.56. The van der Waals surface area contributed by atoms with Crippen molar-refractivity contribution in [1.29, 1.82) is 0 Å². The number of aryl methyl sites for hydroxylation is 2. The van der Waals surface area contributed by atoms with E-state index in [-0.39, 0.29) is 11.9 Å². The van der Waals surface area contributed by atoms with E-state index in [4.69, 9.17) is 4.74 Å². The Balaban J connectivity index is 1.67. The molecule has 2 heterocycles. The largest absolute Gasteiger partial charge is 0.491 e. The maximum absolute atomic E-state index is 12.9. The third kappa shape index (κ3) is 3.16. The number of benzene rings is 1. The minimum absolute atomic E-state index is 0.217. The quantitative estimate of drug-likeness (QED) is 0.869. The summed E-state index contributed by atoms with van der Waals surface area (Å²) >= 11 is 0. The lowest BCUT2D eigenvalue weighted by molar-refractivity contribution is 0.287. The molecule has 0 amide bonds. The van der Waals surface area contributed by atoms with Crippen LogP contribution in [-0.2, 0) is 0 Å². The van der Waals surface area contributed by atoms with Crippen LogP contribution in [0.5, 0.6) is 5.75 Å². The molecule has 1 saturated heterocycles. The highest BCUT2D eigenvalue weighted by Crippen LogP contribution is 2.23. The van der Waals surface area contributed by atoms with Gasteiger partial charge in [0.05, 0.1) is 17.4 Å². The Kier molecular flexibility index (Phi) is 4.18. The molecule has 6 heteroatoms. The van der Waals surface area contributed by atoms with Crippen LogP contribution in [0.15, 0.2) is 24.3 Å². The summed E-state index contributed by atoms with van der Waals surface area (Å²) in [6, 6.07) is 6.30. The predicted octanol–water partition coefficient (Wildman–Crippen LogP) is 2.68. The molecule has 0 saturated carbocycles. The molecule has 1 aliphatic rings. The monoisotopic (exact) mass is 302 g/mol. The summed E-state index contributed by atoms with van der Waals surface area (Å²) in [5.41, 5.74) is 1.75. The summed E-state index contributed by atoms with van der Waals surface area (Å²) in [4.78, 5) is 6.66. The van der Waals surface area contributed by atoms with Crippen molar-refractivity contribution in [2.24, 2.45) is 0 Å². The smallest absolute Gasteiger partial charge is 0.245 e. The Morgan fingerprint density at radius 2 is 1.95 bits per heavy atom. The van der Waals surface area contributed by atoms with Crippen molar-refractivity contribution >= 4 is 5.95 Å². The van der Waals surface area contributed by atoms with Gasteiger partial charge in [-0.2, -0.15) is 5.10 Å². The second-order valence-electron chi connectivity index (χ2n) is 5.54. The van der Waals surface area contributed by atoms with Gasteiger partial charge in [-0.25, -0.2) is 9.37 Å². The molecule has 0 N–H and O–H groups in total. The van der Waals surface area contributed by atoms with Crippen molar-refractivity contribution < 1.29 is 9.13 Å². The zero-order valence-electron chi connectivity index (χ0n) is 12.8. The summed E-state index contributed by atoms with van der Waals surface area (Å²) in [5.74, 6) is 1.07. The second-order valence-corrected chi connectivity index (χ2v) is 5.54. The van der Waals surface area contributed by atoms with E-state index in [0.717, 1.165) is 30.8 Å². The van der Waals surface area contributed by atoms with Gasteiger partial charge in [-0.1, -0.05) is 0 Å². The van der Waals surface area contributed by atoms with Gasteiger partial charge in [0.25, 0.3) is 0 Å². The molecule has 0 bridgehead atoms. The van der Waals surface area contributed by atoms with Crippen LogP contribution in [0.25, 0.3) is 0 Å². The zero-order chi connectivity index (χ0) is 15.5. The molecule has 1 aromatic heterocycles. The third-order valence-electron chi connectivity index (χ3n) is 3.97. The standard InChI is InChI=1S/C16H19FN4O/c1-11-12(2)19-20-16(18-11)21-9-3-4-14(21)10-22-15-7-5-13(17)6-8-15/h5-8,14H,3-4,9-10H2,1-2H3/t14-/m0/s1. The molecular weight excluding hydrogens is 283 g/mol. The molecule has 1 aliphatic heterocycles. The first kappa shape index (κ1) is 14.7. The van der Waals surface area contributed by atoms with Crippen molar-refractivity contribution in [2.45, 2.75) is 32.7 Å². The highest BCUT2D eigenvalue weighted by molar-refractivity contribution is 5.33. The van der Waals surface area contributed by atoms with E-state index in [9.17, 15) is 4.39 Å². The number of rotatable bonds is 4. The summed E-state index contributed by atoms with van der Waals surface area (Å²) in [7, 11) is 0. The molecule has 22 heavy (non-hydrogen) atoms. The third-order valence-corrected chi connectivity index (χ3v) is 3.97. The molecule has 0 unspecified atom stereocenters. The number of aromatic nitrogens is 3. The van der Waals surface area contributed by atoms with Gasteiger partial charge >= 0.3 is 0 Å². The Hall–Kier alpha value is -2.24. The van der Waals surface area contributed by atoms with E-state index in [0.29, 0.717) is 18.3 Å². The number of anilines is 1. The maximum Gasteiger partial charge on any atom is 0.245 e. The lowest BCUT2D eigenvalue weighted by atomic mass is 10.2. The van der Waals surface area contributed by atoms with Gasteiger partial charge in [0.1, 0.15) is 18.2 Å². The number of halogens is 1. The SMILES string of the molecule is Cc1nnc(N2CCC[C@H]2COc2ccc(F)cc2)nc1C. The zero-order valence-corrected chi connectivity index (χ0v) is 12.8. The summed E-state index contributed by atoms with van der Waals surface area (Å²) in [6.07, 6.45) is 2.10. The van der Waals surface area contributed by atoms with Crippen LogP contribution in [0.4, 0.5) is 10.3 Å². The van der Waals surface area contributed by atoms with Gasteiger partial charge in [0.2, 0.25) is 5.95 Å². The molecule has 2 aromatic rings. The average molecular weight is 302 g/mol. The number of hydrogen-bond acceptors (Lipinski definition) is 5. The molecule has 0 radical (unpaired) electrons. The summed E-state index contributed by atoms with van der Waals surface area (Å²) in [5, 5.41) is 8.35. The molecular formula is C16H19FN4O. The Morgan fingerprint density at radius 1 is 1.18 bits per heavy atom. The van der Waals surface area contributed by atoms with Gasteiger partial charge in [0.15, 0.2) is 0 Å². The van der Waals surface area contributed by atoms with E-state index >= 15 is 0 Å².